The second-order valence-corrected chi connectivity index (χ2v) is 6.02. The number of carbonyl (C=O) groups excluding carboxylic acids is 1. The van der Waals surface area contributed by atoms with Gasteiger partial charge in [-0.25, -0.2) is 0 Å². The Morgan fingerprint density at radius 3 is 2.75 bits per heavy atom. The third kappa shape index (κ3) is 2.39. The Balaban J connectivity index is 1.67. The molecule has 3 N–H and O–H groups in total. The minimum atomic E-state index is -0.668. The molecule has 1 amide bonds. The van der Waals surface area contributed by atoms with Crippen molar-refractivity contribution in [3.63, 3.8) is 0 Å². The standard InChI is InChI=1S/C19H16N2O3/c22-16-10-12-6-1-3-7-13(12)17(16)21-19(24)15-9-11-5-2-4-8-14(11)18(23)20-15/h1-9,16-17,22H,10H2,(H,20,23)(H,21,24). The summed E-state index contributed by atoms with van der Waals surface area (Å²) >= 11 is 0. The first-order valence-corrected chi connectivity index (χ1v) is 7.82. The number of aliphatic hydroxyl groups excluding tert-OH is 1. The summed E-state index contributed by atoms with van der Waals surface area (Å²) in [6, 6.07) is 15.9. The highest BCUT2D eigenvalue weighted by molar-refractivity contribution is 5.96. The van der Waals surface area contributed by atoms with Crippen molar-refractivity contribution in [3.05, 3.63) is 81.8 Å². The molecule has 0 saturated heterocycles. The van der Waals surface area contributed by atoms with E-state index >= 15 is 0 Å². The van der Waals surface area contributed by atoms with Gasteiger partial charge in [0.1, 0.15) is 5.69 Å². The highest BCUT2D eigenvalue weighted by Gasteiger charge is 2.32. The molecule has 0 radical (unpaired) electrons. The topological polar surface area (TPSA) is 82.2 Å². The number of hydrogen-bond donors (Lipinski definition) is 3. The maximum atomic E-state index is 12.6. The molecule has 1 aliphatic rings. The van der Waals surface area contributed by atoms with Gasteiger partial charge in [0.25, 0.3) is 11.5 Å². The molecule has 5 heteroatoms. The number of aliphatic hydroxyl groups is 1. The molecule has 3 aromatic rings. The number of carbonyl (C=O) groups is 1. The average Bonchev–Trinajstić information content (AvgIpc) is 2.90. The number of nitrogens with one attached hydrogen (secondary N) is 2. The largest absolute Gasteiger partial charge is 0.390 e. The Labute approximate surface area is 138 Å². The Morgan fingerprint density at radius 1 is 1.12 bits per heavy atom. The van der Waals surface area contributed by atoms with Crippen LogP contribution in [0.3, 0.4) is 0 Å². The number of aromatic nitrogens is 1. The highest BCUT2D eigenvalue weighted by Crippen LogP contribution is 2.31. The van der Waals surface area contributed by atoms with Gasteiger partial charge in [-0.2, -0.15) is 0 Å². The van der Waals surface area contributed by atoms with Gasteiger partial charge in [-0.3, -0.25) is 9.59 Å². The number of amides is 1. The van der Waals surface area contributed by atoms with Gasteiger partial charge in [0.15, 0.2) is 0 Å². The van der Waals surface area contributed by atoms with Gasteiger partial charge in [0.2, 0.25) is 0 Å². The van der Waals surface area contributed by atoms with Crippen molar-refractivity contribution >= 4 is 16.7 Å². The molecule has 0 saturated carbocycles. The van der Waals surface area contributed by atoms with Gasteiger partial charge < -0.3 is 15.4 Å². The van der Waals surface area contributed by atoms with Crippen molar-refractivity contribution < 1.29 is 9.90 Å². The van der Waals surface area contributed by atoms with E-state index in [1.54, 1.807) is 24.3 Å². The molecule has 2 aromatic carbocycles. The monoisotopic (exact) mass is 320 g/mol. The predicted molar refractivity (Wildman–Crippen MR) is 90.9 cm³/mol. The van der Waals surface area contributed by atoms with Gasteiger partial charge in [0, 0.05) is 11.8 Å². The minimum absolute atomic E-state index is 0.190. The molecule has 2 unspecified atom stereocenters. The van der Waals surface area contributed by atoms with Crippen LogP contribution in [0.25, 0.3) is 10.8 Å². The fourth-order valence-corrected chi connectivity index (χ4v) is 3.30. The molecular weight excluding hydrogens is 304 g/mol. The first-order valence-electron chi connectivity index (χ1n) is 7.82. The predicted octanol–water partition coefficient (Wildman–Crippen LogP) is 1.92. The van der Waals surface area contributed by atoms with Gasteiger partial charge in [-0.05, 0) is 28.6 Å². The third-order valence-corrected chi connectivity index (χ3v) is 4.49. The van der Waals surface area contributed by atoms with Crippen molar-refractivity contribution in [1.82, 2.24) is 10.3 Å². The van der Waals surface area contributed by atoms with Crippen LogP contribution in [0.5, 0.6) is 0 Å². The van der Waals surface area contributed by atoms with E-state index in [1.165, 1.54) is 0 Å². The summed E-state index contributed by atoms with van der Waals surface area (Å²) in [5, 5.41) is 14.3. The molecule has 2 atom stereocenters. The molecule has 0 bridgehead atoms. The second-order valence-electron chi connectivity index (χ2n) is 6.02. The van der Waals surface area contributed by atoms with Gasteiger partial charge >= 0.3 is 0 Å². The normalized spacial score (nSPS) is 19.2. The fraction of sp³-hybridized carbons (Fsp3) is 0.158. The number of hydrogen-bond acceptors (Lipinski definition) is 3. The number of fused-ring (bicyclic) bond motifs is 2. The SMILES string of the molecule is O=C(NC1c2ccccc2CC1O)c1cc2ccccc2c(=O)[nH]1. The smallest absolute Gasteiger partial charge is 0.268 e. The molecule has 1 heterocycles. The molecule has 1 aromatic heterocycles. The molecule has 1 aliphatic carbocycles. The lowest BCUT2D eigenvalue weighted by molar-refractivity contribution is 0.0853. The Bertz CT molecular complexity index is 993. The summed E-state index contributed by atoms with van der Waals surface area (Å²) in [6.45, 7) is 0. The van der Waals surface area contributed by atoms with E-state index in [4.69, 9.17) is 0 Å². The number of pyridine rings is 1. The summed E-state index contributed by atoms with van der Waals surface area (Å²) in [5.41, 5.74) is 1.84. The van der Waals surface area contributed by atoms with Crippen LogP contribution in [0.2, 0.25) is 0 Å². The van der Waals surface area contributed by atoms with Crippen molar-refractivity contribution in [3.8, 4) is 0 Å². The second kappa shape index (κ2) is 5.62. The maximum Gasteiger partial charge on any atom is 0.268 e. The molecular formula is C19H16N2O3. The van der Waals surface area contributed by atoms with E-state index < -0.39 is 18.1 Å². The van der Waals surface area contributed by atoms with E-state index in [0.29, 0.717) is 17.2 Å². The van der Waals surface area contributed by atoms with Gasteiger partial charge in [-0.1, -0.05) is 42.5 Å². The van der Waals surface area contributed by atoms with E-state index in [0.717, 1.165) is 11.1 Å². The molecule has 120 valence electrons. The molecule has 24 heavy (non-hydrogen) atoms. The molecule has 4 rings (SSSR count). The summed E-state index contributed by atoms with van der Waals surface area (Å²) in [4.78, 5) is 27.3. The lowest BCUT2D eigenvalue weighted by Gasteiger charge is -2.18. The summed E-state index contributed by atoms with van der Waals surface area (Å²) in [6.07, 6.45) is -0.159. The van der Waals surface area contributed by atoms with Gasteiger partial charge in [-0.15, -0.1) is 0 Å². The Kier molecular flexibility index (Phi) is 3.43. The molecule has 5 nitrogen and oxygen atoms in total. The van der Waals surface area contributed by atoms with Crippen LogP contribution >= 0.6 is 0 Å². The Hall–Kier alpha value is -2.92. The number of benzene rings is 2. The van der Waals surface area contributed by atoms with Crippen LogP contribution in [0, 0.1) is 0 Å². The van der Waals surface area contributed by atoms with Crippen LogP contribution in [-0.2, 0) is 6.42 Å². The maximum absolute atomic E-state index is 12.6. The third-order valence-electron chi connectivity index (χ3n) is 4.49. The first-order chi connectivity index (χ1) is 11.6. The molecule has 0 fully saturated rings. The number of rotatable bonds is 2. The first kappa shape index (κ1) is 14.7. The summed E-state index contributed by atoms with van der Waals surface area (Å²) in [7, 11) is 0. The van der Waals surface area contributed by atoms with Crippen LogP contribution in [0.4, 0.5) is 0 Å². The quantitative estimate of drug-likeness (QED) is 0.674. The van der Waals surface area contributed by atoms with Crippen molar-refractivity contribution in [1.29, 1.82) is 0 Å². The van der Waals surface area contributed by atoms with Crippen LogP contribution in [-0.4, -0.2) is 22.1 Å². The van der Waals surface area contributed by atoms with Crippen molar-refractivity contribution in [2.45, 2.75) is 18.6 Å². The highest BCUT2D eigenvalue weighted by atomic mass is 16.3. The zero-order valence-corrected chi connectivity index (χ0v) is 12.8. The zero-order valence-electron chi connectivity index (χ0n) is 12.8. The zero-order chi connectivity index (χ0) is 16.7. The minimum Gasteiger partial charge on any atom is -0.390 e. The van der Waals surface area contributed by atoms with Crippen LogP contribution < -0.4 is 10.9 Å². The van der Waals surface area contributed by atoms with Crippen LogP contribution in [0.1, 0.15) is 27.7 Å². The Morgan fingerprint density at radius 2 is 1.88 bits per heavy atom. The fourth-order valence-electron chi connectivity index (χ4n) is 3.30. The lowest BCUT2D eigenvalue weighted by Crippen LogP contribution is -2.35. The number of aromatic amines is 1. The van der Waals surface area contributed by atoms with Crippen molar-refractivity contribution in [2.24, 2.45) is 0 Å². The van der Waals surface area contributed by atoms with Crippen molar-refractivity contribution in [2.75, 3.05) is 0 Å². The lowest BCUT2D eigenvalue weighted by atomic mass is 10.1. The van der Waals surface area contributed by atoms with E-state index in [2.05, 4.69) is 10.3 Å². The average molecular weight is 320 g/mol. The van der Waals surface area contributed by atoms with E-state index in [9.17, 15) is 14.7 Å². The number of H-pyrrole nitrogens is 1. The molecule has 0 spiro atoms. The van der Waals surface area contributed by atoms with Crippen LogP contribution in [0.15, 0.2) is 59.4 Å². The van der Waals surface area contributed by atoms with E-state index in [1.807, 2.05) is 30.3 Å². The van der Waals surface area contributed by atoms with E-state index in [-0.39, 0.29) is 11.3 Å². The molecule has 0 aliphatic heterocycles. The summed E-state index contributed by atoms with van der Waals surface area (Å²) < 4.78 is 0. The summed E-state index contributed by atoms with van der Waals surface area (Å²) in [5.74, 6) is -0.404. The van der Waals surface area contributed by atoms with Gasteiger partial charge in [0.05, 0.1) is 12.1 Å².